The van der Waals surface area contributed by atoms with Gasteiger partial charge in [0.05, 0.1) is 17.0 Å². The fraction of sp³-hybridized carbons (Fsp3) is 0.143. The molecule has 0 spiro atoms. The van der Waals surface area contributed by atoms with E-state index in [0.29, 0.717) is 6.61 Å². The molecule has 0 aliphatic carbocycles. The van der Waals surface area contributed by atoms with Crippen molar-refractivity contribution < 1.29 is 9.53 Å². The lowest BCUT2D eigenvalue weighted by atomic mass is 10.2. The molecular weight excluding hydrogens is 306 g/mol. The van der Waals surface area contributed by atoms with Crippen LogP contribution in [0.1, 0.15) is 17.4 Å². The molecule has 2 aromatic heterocycles. The molecular formula is C14H11N3O2S2. The van der Waals surface area contributed by atoms with E-state index in [2.05, 4.69) is 15.2 Å². The van der Waals surface area contributed by atoms with Crippen LogP contribution in [0.4, 0.5) is 0 Å². The van der Waals surface area contributed by atoms with Gasteiger partial charge in [-0.1, -0.05) is 30.0 Å². The third kappa shape index (κ3) is 2.88. The number of benzene rings is 1. The van der Waals surface area contributed by atoms with E-state index in [0.717, 1.165) is 20.1 Å². The van der Waals surface area contributed by atoms with Crippen LogP contribution < -0.4 is 0 Å². The summed E-state index contributed by atoms with van der Waals surface area (Å²) in [5, 5.41) is 10.9. The Kier molecular flexibility index (Phi) is 4.12. The summed E-state index contributed by atoms with van der Waals surface area (Å²) >= 11 is 2.92. The van der Waals surface area contributed by atoms with Crippen molar-refractivity contribution in [2.24, 2.45) is 0 Å². The fourth-order valence-electron chi connectivity index (χ4n) is 1.81. The van der Waals surface area contributed by atoms with Gasteiger partial charge in [0, 0.05) is 17.0 Å². The Morgan fingerprint density at radius 2 is 2.19 bits per heavy atom. The van der Waals surface area contributed by atoms with Crippen LogP contribution in [0.3, 0.4) is 0 Å². The van der Waals surface area contributed by atoms with E-state index in [1.54, 1.807) is 13.1 Å². The molecule has 3 aromatic rings. The molecule has 1 aromatic carbocycles. The third-order valence-electron chi connectivity index (χ3n) is 2.69. The third-order valence-corrected chi connectivity index (χ3v) is 4.69. The maximum absolute atomic E-state index is 12.1. The fourth-order valence-corrected chi connectivity index (χ4v) is 3.57. The zero-order chi connectivity index (χ0) is 14.7. The summed E-state index contributed by atoms with van der Waals surface area (Å²) < 4.78 is 5.91. The highest BCUT2D eigenvalue weighted by Gasteiger charge is 2.20. The second-order valence-electron chi connectivity index (χ2n) is 4.02. The van der Waals surface area contributed by atoms with Crippen molar-refractivity contribution in [3.63, 3.8) is 0 Å². The summed E-state index contributed by atoms with van der Waals surface area (Å²) in [6.45, 7) is 2.06. The lowest BCUT2D eigenvalue weighted by Crippen LogP contribution is -2.10. The van der Waals surface area contributed by atoms with Crippen molar-refractivity contribution in [1.29, 1.82) is 0 Å². The molecule has 0 amide bonds. The number of hydrogen-bond acceptors (Lipinski definition) is 7. The van der Waals surface area contributed by atoms with Crippen LogP contribution in [0.15, 0.2) is 45.1 Å². The van der Waals surface area contributed by atoms with Crippen LogP contribution >= 0.6 is 23.1 Å². The van der Waals surface area contributed by atoms with Crippen molar-refractivity contribution in [2.75, 3.05) is 6.61 Å². The van der Waals surface area contributed by atoms with Crippen LogP contribution in [0.5, 0.6) is 0 Å². The molecule has 7 heteroatoms. The number of fused-ring (bicyclic) bond motifs is 1. The van der Waals surface area contributed by atoms with Gasteiger partial charge in [-0.2, -0.15) is 0 Å². The molecule has 0 aliphatic rings. The summed E-state index contributed by atoms with van der Waals surface area (Å²) in [4.78, 5) is 17.1. The zero-order valence-electron chi connectivity index (χ0n) is 11.1. The van der Waals surface area contributed by atoms with Crippen molar-refractivity contribution in [2.45, 2.75) is 16.2 Å². The first-order chi connectivity index (χ1) is 10.3. The van der Waals surface area contributed by atoms with E-state index in [1.165, 1.54) is 23.1 Å². The Bertz CT molecular complexity index is 775. The summed E-state index contributed by atoms with van der Waals surface area (Å²) in [6, 6.07) is 7.58. The lowest BCUT2D eigenvalue weighted by molar-refractivity contribution is 0.0514. The van der Waals surface area contributed by atoms with Gasteiger partial charge < -0.3 is 4.74 Å². The van der Waals surface area contributed by atoms with Gasteiger partial charge in [-0.15, -0.1) is 21.5 Å². The first-order valence-corrected chi connectivity index (χ1v) is 7.99. The number of esters is 1. The summed E-state index contributed by atoms with van der Waals surface area (Å²) in [7, 11) is 0. The van der Waals surface area contributed by atoms with Crippen molar-refractivity contribution in [3.05, 3.63) is 41.5 Å². The minimum absolute atomic E-state index is 0.232. The number of aromatic nitrogens is 3. The Balaban J connectivity index is 2.15. The average molecular weight is 317 g/mol. The molecule has 0 N–H and O–H groups in total. The Labute approximate surface area is 129 Å². The number of carbonyl (C=O) groups is 1. The monoisotopic (exact) mass is 317 g/mol. The standard InChI is InChI=1S/C14H11N3O2S2/c1-2-19-13(18)11-12(21-14-15-7-8-20-14)9-5-3-4-6-10(9)16-17-11/h3-8H,2H2,1H3. The average Bonchev–Trinajstić information content (AvgIpc) is 3.01. The number of hydrogen-bond donors (Lipinski definition) is 0. The number of rotatable bonds is 4. The molecule has 106 valence electrons. The molecule has 0 unspecified atom stereocenters. The van der Waals surface area contributed by atoms with Gasteiger partial charge >= 0.3 is 5.97 Å². The van der Waals surface area contributed by atoms with Crippen LogP contribution in [-0.4, -0.2) is 27.8 Å². The highest BCUT2D eigenvalue weighted by molar-refractivity contribution is 8.01. The Hall–Kier alpha value is -1.99. The summed E-state index contributed by atoms with van der Waals surface area (Å²) in [5.41, 5.74) is 0.973. The number of thiazole rings is 1. The van der Waals surface area contributed by atoms with Gasteiger partial charge in [-0.3, -0.25) is 0 Å². The van der Waals surface area contributed by atoms with Gasteiger partial charge in [-0.05, 0) is 13.0 Å². The van der Waals surface area contributed by atoms with E-state index in [1.807, 2.05) is 29.6 Å². The second kappa shape index (κ2) is 6.19. The van der Waals surface area contributed by atoms with Gasteiger partial charge in [0.25, 0.3) is 0 Å². The molecule has 2 heterocycles. The van der Waals surface area contributed by atoms with E-state index < -0.39 is 5.97 Å². The number of carbonyl (C=O) groups excluding carboxylic acids is 1. The highest BCUT2D eigenvalue weighted by atomic mass is 32.2. The van der Waals surface area contributed by atoms with Gasteiger partial charge in [-0.25, -0.2) is 9.78 Å². The summed E-state index contributed by atoms with van der Waals surface area (Å²) in [6.07, 6.45) is 1.73. The molecule has 5 nitrogen and oxygen atoms in total. The van der Waals surface area contributed by atoms with E-state index in [4.69, 9.17) is 4.74 Å². The Morgan fingerprint density at radius 1 is 1.33 bits per heavy atom. The number of ether oxygens (including phenoxy) is 1. The lowest BCUT2D eigenvalue weighted by Gasteiger charge is -2.08. The largest absolute Gasteiger partial charge is 0.461 e. The van der Waals surface area contributed by atoms with Crippen LogP contribution in [0, 0.1) is 0 Å². The molecule has 0 bridgehead atoms. The molecule has 0 fully saturated rings. The molecule has 0 saturated heterocycles. The quantitative estimate of drug-likeness (QED) is 0.687. The van der Waals surface area contributed by atoms with Gasteiger partial charge in [0.2, 0.25) is 0 Å². The smallest absolute Gasteiger partial charge is 0.360 e. The van der Waals surface area contributed by atoms with Crippen LogP contribution in [0.2, 0.25) is 0 Å². The maximum atomic E-state index is 12.1. The van der Waals surface area contributed by atoms with E-state index in [9.17, 15) is 4.79 Å². The Morgan fingerprint density at radius 3 is 2.95 bits per heavy atom. The zero-order valence-corrected chi connectivity index (χ0v) is 12.8. The predicted molar refractivity (Wildman–Crippen MR) is 81.7 cm³/mol. The minimum Gasteiger partial charge on any atom is -0.461 e. The van der Waals surface area contributed by atoms with E-state index in [-0.39, 0.29) is 5.69 Å². The van der Waals surface area contributed by atoms with E-state index >= 15 is 0 Å². The maximum Gasteiger partial charge on any atom is 0.360 e. The minimum atomic E-state index is -0.463. The highest BCUT2D eigenvalue weighted by Crippen LogP contribution is 2.35. The second-order valence-corrected chi connectivity index (χ2v) is 6.17. The van der Waals surface area contributed by atoms with Crippen molar-refractivity contribution in [3.8, 4) is 0 Å². The number of nitrogens with zero attached hydrogens (tertiary/aromatic N) is 3. The molecule has 0 radical (unpaired) electrons. The first kappa shape index (κ1) is 14.0. The van der Waals surface area contributed by atoms with Crippen LogP contribution in [-0.2, 0) is 4.74 Å². The SMILES string of the molecule is CCOC(=O)c1nnc2ccccc2c1Sc1nccs1. The van der Waals surface area contributed by atoms with Crippen molar-refractivity contribution in [1.82, 2.24) is 15.2 Å². The topological polar surface area (TPSA) is 65.0 Å². The van der Waals surface area contributed by atoms with Crippen molar-refractivity contribution >= 4 is 40.0 Å². The first-order valence-electron chi connectivity index (χ1n) is 6.29. The van der Waals surface area contributed by atoms with Crippen LogP contribution in [0.25, 0.3) is 10.9 Å². The molecule has 21 heavy (non-hydrogen) atoms. The molecule has 0 aliphatic heterocycles. The molecule has 0 atom stereocenters. The van der Waals surface area contributed by atoms with Gasteiger partial charge in [0.1, 0.15) is 0 Å². The molecule has 3 rings (SSSR count). The van der Waals surface area contributed by atoms with Gasteiger partial charge in [0.15, 0.2) is 10.0 Å². The predicted octanol–water partition coefficient (Wildman–Crippen LogP) is 3.41. The molecule has 0 saturated carbocycles. The summed E-state index contributed by atoms with van der Waals surface area (Å²) in [5.74, 6) is -0.463. The normalized spacial score (nSPS) is 10.7.